The smallest absolute Gasteiger partial charge is 0.244 e. The Kier molecular flexibility index (Phi) is 4.78. The maximum absolute atomic E-state index is 12.7. The van der Waals surface area contributed by atoms with Gasteiger partial charge in [0.1, 0.15) is 35.8 Å². The van der Waals surface area contributed by atoms with Gasteiger partial charge in [0, 0.05) is 25.7 Å². The number of amides is 1. The Hall–Kier alpha value is -2.18. The Morgan fingerprint density at radius 2 is 2.31 bits per heavy atom. The molecule has 10 heteroatoms. The second-order valence-corrected chi connectivity index (χ2v) is 7.76. The van der Waals surface area contributed by atoms with Crippen LogP contribution in [-0.4, -0.2) is 55.6 Å². The fourth-order valence-corrected chi connectivity index (χ4v) is 5.08. The molecule has 0 bridgehead atoms. The average Bonchev–Trinajstić information content (AvgIpc) is 3.29. The number of anilines is 1. The first-order valence-corrected chi connectivity index (χ1v) is 9.74. The van der Waals surface area contributed by atoms with Crippen molar-refractivity contribution in [1.82, 2.24) is 24.0 Å². The standard InChI is InChI=1S/C16H18ClN7OS/c17-15-12(6-18)16(26-21-15)22-5-3-13-11(7-22)2-1-4-24(13)14(25)8-23-10-19-9-20-23/h9-11,13H,1-5,7-8H2. The summed E-state index contributed by atoms with van der Waals surface area (Å²) in [5.74, 6) is 0.488. The molecular weight excluding hydrogens is 374 g/mol. The molecule has 2 fully saturated rings. The number of nitriles is 1. The van der Waals surface area contributed by atoms with Gasteiger partial charge in [-0.3, -0.25) is 4.79 Å². The number of nitrogens with zero attached hydrogens (tertiary/aromatic N) is 7. The first-order chi connectivity index (χ1) is 12.7. The Bertz CT molecular complexity index is 830. The van der Waals surface area contributed by atoms with E-state index in [1.54, 1.807) is 11.0 Å². The van der Waals surface area contributed by atoms with Crippen molar-refractivity contribution >= 4 is 34.0 Å². The molecule has 4 rings (SSSR count). The molecule has 2 aromatic heterocycles. The molecule has 26 heavy (non-hydrogen) atoms. The van der Waals surface area contributed by atoms with E-state index in [0.717, 1.165) is 43.9 Å². The molecule has 2 atom stereocenters. The van der Waals surface area contributed by atoms with E-state index in [1.807, 2.05) is 4.90 Å². The molecular formula is C16H18ClN7OS. The summed E-state index contributed by atoms with van der Waals surface area (Å²) in [4.78, 5) is 20.8. The Morgan fingerprint density at radius 3 is 3.08 bits per heavy atom. The summed E-state index contributed by atoms with van der Waals surface area (Å²) in [5, 5.41) is 14.5. The molecule has 4 heterocycles. The summed E-state index contributed by atoms with van der Waals surface area (Å²) in [7, 11) is 0. The van der Waals surface area contributed by atoms with Gasteiger partial charge in [0.15, 0.2) is 5.15 Å². The average molecular weight is 392 g/mol. The summed E-state index contributed by atoms with van der Waals surface area (Å²) in [6.45, 7) is 2.65. The van der Waals surface area contributed by atoms with Crippen LogP contribution in [-0.2, 0) is 11.3 Å². The predicted octanol–water partition coefficient (Wildman–Crippen LogP) is 1.78. The maximum atomic E-state index is 12.7. The summed E-state index contributed by atoms with van der Waals surface area (Å²) < 4.78 is 5.68. The zero-order valence-corrected chi connectivity index (χ0v) is 15.7. The lowest BCUT2D eigenvalue weighted by atomic mass is 9.83. The number of likely N-dealkylation sites (tertiary alicyclic amines) is 1. The Labute approximate surface area is 160 Å². The molecule has 2 aliphatic heterocycles. The van der Waals surface area contributed by atoms with Crippen LogP contribution in [0.4, 0.5) is 5.00 Å². The normalized spacial score (nSPS) is 22.8. The van der Waals surface area contributed by atoms with E-state index in [9.17, 15) is 10.1 Å². The zero-order valence-electron chi connectivity index (χ0n) is 14.1. The second kappa shape index (κ2) is 7.21. The van der Waals surface area contributed by atoms with Crippen LogP contribution in [0.15, 0.2) is 12.7 Å². The van der Waals surface area contributed by atoms with E-state index in [-0.39, 0.29) is 23.6 Å². The summed E-state index contributed by atoms with van der Waals surface area (Å²) in [6.07, 6.45) is 5.97. The zero-order chi connectivity index (χ0) is 18.1. The summed E-state index contributed by atoms with van der Waals surface area (Å²) >= 11 is 7.30. The van der Waals surface area contributed by atoms with Gasteiger partial charge in [0.2, 0.25) is 5.91 Å². The molecule has 2 aromatic rings. The van der Waals surface area contributed by atoms with Gasteiger partial charge in [-0.2, -0.15) is 14.7 Å². The van der Waals surface area contributed by atoms with E-state index in [4.69, 9.17) is 11.6 Å². The van der Waals surface area contributed by atoms with Gasteiger partial charge in [0.25, 0.3) is 0 Å². The first-order valence-electron chi connectivity index (χ1n) is 8.59. The topological polar surface area (TPSA) is 90.9 Å². The van der Waals surface area contributed by atoms with Crippen LogP contribution in [0.3, 0.4) is 0 Å². The van der Waals surface area contributed by atoms with Crippen LogP contribution in [0.1, 0.15) is 24.8 Å². The number of piperidine rings is 2. The van der Waals surface area contributed by atoms with Crippen LogP contribution in [0.25, 0.3) is 0 Å². The SMILES string of the molecule is N#Cc1c(Cl)nsc1N1CCC2C(CCCN2C(=O)Cn2cncn2)C1. The van der Waals surface area contributed by atoms with E-state index >= 15 is 0 Å². The highest BCUT2D eigenvalue weighted by Crippen LogP contribution is 2.37. The molecule has 0 aromatic carbocycles. The quantitative estimate of drug-likeness (QED) is 0.792. The molecule has 0 aliphatic carbocycles. The molecule has 0 N–H and O–H groups in total. The van der Waals surface area contributed by atoms with Gasteiger partial charge >= 0.3 is 0 Å². The third kappa shape index (κ3) is 3.15. The fourth-order valence-electron chi connectivity index (χ4n) is 4.01. The summed E-state index contributed by atoms with van der Waals surface area (Å²) in [5.41, 5.74) is 0.463. The van der Waals surface area contributed by atoms with Crippen molar-refractivity contribution in [2.75, 3.05) is 24.5 Å². The van der Waals surface area contributed by atoms with Crippen LogP contribution < -0.4 is 4.90 Å². The minimum absolute atomic E-state index is 0.0946. The lowest BCUT2D eigenvalue weighted by Gasteiger charge is -2.47. The molecule has 0 spiro atoms. The number of rotatable bonds is 3. The summed E-state index contributed by atoms with van der Waals surface area (Å²) in [6, 6.07) is 2.40. The van der Waals surface area contributed by atoms with Gasteiger partial charge in [-0.05, 0) is 36.7 Å². The van der Waals surface area contributed by atoms with Gasteiger partial charge in [0.05, 0.1) is 0 Å². The van der Waals surface area contributed by atoms with Crippen molar-refractivity contribution in [2.24, 2.45) is 5.92 Å². The largest absolute Gasteiger partial charge is 0.361 e. The molecule has 2 aliphatic rings. The Morgan fingerprint density at radius 1 is 1.42 bits per heavy atom. The Balaban J connectivity index is 1.47. The van der Waals surface area contributed by atoms with E-state index in [2.05, 4.69) is 25.4 Å². The van der Waals surface area contributed by atoms with Crippen LogP contribution in [0.2, 0.25) is 5.15 Å². The predicted molar refractivity (Wildman–Crippen MR) is 96.9 cm³/mol. The van der Waals surface area contributed by atoms with E-state index in [1.165, 1.54) is 17.9 Å². The van der Waals surface area contributed by atoms with Crippen molar-refractivity contribution in [3.8, 4) is 6.07 Å². The molecule has 2 unspecified atom stereocenters. The molecule has 0 radical (unpaired) electrons. The first kappa shape index (κ1) is 17.2. The molecule has 136 valence electrons. The van der Waals surface area contributed by atoms with Crippen molar-refractivity contribution in [2.45, 2.75) is 31.8 Å². The van der Waals surface area contributed by atoms with E-state index < -0.39 is 0 Å². The van der Waals surface area contributed by atoms with Gasteiger partial charge in [-0.15, -0.1) is 0 Å². The van der Waals surface area contributed by atoms with Crippen molar-refractivity contribution < 1.29 is 4.79 Å². The third-order valence-electron chi connectivity index (χ3n) is 5.18. The number of carbonyl (C=O) groups excluding carboxylic acids is 1. The molecule has 1 amide bonds. The lowest BCUT2D eigenvalue weighted by Crippen LogP contribution is -2.56. The van der Waals surface area contributed by atoms with Gasteiger partial charge < -0.3 is 9.80 Å². The van der Waals surface area contributed by atoms with E-state index in [0.29, 0.717) is 11.5 Å². The minimum atomic E-state index is 0.0946. The minimum Gasteiger partial charge on any atom is -0.361 e. The van der Waals surface area contributed by atoms with Gasteiger partial charge in [-0.1, -0.05) is 11.6 Å². The third-order valence-corrected chi connectivity index (χ3v) is 6.47. The number of halogens is 1. The number of carbonyl (C=O) groups is 1. The van der Waals surface area contributed by atoms with Crippen LogP contribution in [0.5, 0.6) is 0 Å². The van der Waals surface area contributed by atoms with Crippen molar-refractivity contribution in [1.29, 1.82) is 5.26 Å². The highest BCUT2D eigenvalue weighted by atomic mass is 35.5. The number of fused-ring (bicyclic) bond motifs is 1. The maximum Gasteiger partial charge on any atom is 0.244 e. The highest BCUT2D eigenvalue weighted by molar-refractivity contribution is 7.10. The van der Waals surface area contributed by atoms with Crippen LogP contribution >= 0.6 is 23.1 Å². The second-order valence-electron chi connectivity index (χ2n) is 6.65. The van der Waals surface area contributed by atoms with Crippen LogP contribution in [0, 0.1) is 17.2 Å². The lowest BCUT2D eigenvalue weighted by molar-refractivity contribution is -0.137. The van der Waals surface area contributed by atoms with Crippen molar-refractivity contribution in [3.05, 3.63) is 23.4 Å². The number of hydrogen-bond acceptors (Lipinski definition) is 7. The number of aromatic nitrogens is 4. The number of hydrogen-bond donors (Lipinski definition) is 0. The molecule has 0 saturated carbocycles. The van der Waals surface area contributed by atoms with Crippen molar-refractivity contribution in [3.63, 3.8) is 0 Å². The molecule has 2 saturated heterocycles. The molecule has 8 nitrogen and oxygen atoms in total. The van der Waals surface area contributed by atoms with Gasteiger partial charge in [-0.25, -0.2) is 9.67 Å². The monoisotopic (exact) mass is 391 g/mol. The fraction of sp³-hybridized carbons (Fsp3) is 0.562. The highest BCUT2D eigenvalue weighted by Gasteiger charge is 2.39.